The number of benzene rings is 3. The summed E-state index contributed by atoms with van der Waals surface area (Å²) in [6.45, 7) is 5.75. The van der Waals surface area contributed by atoms with E-state index in [4.69, 9.17) is 16.2 Å². The molecule has 15 nitrogen and oxygen atoms in total. The SMILES string of the molecule is CCCCc1ccc(-c2ccc(C(=O)N[C@@H](CCCCN)C(=O)NC(C(=O)N[C@@H](C)C(=O)N[C@@H](CCCCN)C(=O)N[C@@H](C)B(O)O)c3ccc(OC)cc3)cc2)cc1. The summed E-state index contributed by atoms with van der Waals surface area (Å²) < 4.78 is 5.28. The van der Waals surface area contributed by atoms with Crippen LogP contribution in [0, 0.1) is 0 Å². The summed E-state index contributed by atoms with van der Waals surface area (Å²) in [5, 5.41) is 32.3. The van der Waals surface area contributed by atoms with Gasteiger partial charge in [0.1, 0.15) is 29.9 Å². The van der Waals surface area contributed by atoms with E-state index in [0.29, 0.717) is 55.6 Å². The van der Waals surface area contributed by atoms with Crippen molar-refractivity contribution in [1.29, 1.82) is 0 Å². The van der Waals surface area contributed by atoms with Gasteiger partial charge in [0.25, 0.3) is 5.91 Å². The lowest BCUT2D eigenvalue weighted by molar-refractivity contribution is -0.134. The lowest BCUT2D eigenvalue weighted by Gasteiger charge is -2.26. The second-order valence-electron chi connectivity index (χ2n) is 14.7. The Labute approximate surface area is 348 Å². The average molecular weight is 816 g/mol. The van der Waals surface area contributed by atoms with Gasteiger partial charge in [0.2, 0.25) is 23.6 Å². The van der Waals surface area contributed by atoms with Crippen LogP contribution in [0.25, 0.3) is 11.1 Å². The monoisotopic (exact) mass is 815 g/mol. The molecule has 3 aromatic carbocycles. The van der Waals surface area contributed by atoms with Gasteiger partial charge in [0.15, 0.2) is 0 Å². The smallest absolute Gasteiger partial charge is 0.475 e. The standard InChI is InChI=1S/C43H62BN7O8/c1-5-6-11-30-14-16-31(17-15-30)32-18-20-34(21-19-32)40(53)50-37(13-8-10-27-46)42(55)51-38(33-22-24-35(59-4)25-23-33)43(56)47-28(2)39(52)49-36(12-7-9-26-45)41(54)48-29(3)44(57)58/h14-25,28-29,36-38,57-58H,5-13,26-27,45-46H2,1-4H3,(H,47,56)(H,48,54)(H,49,52)(H,50,53)(H,51,55)/t28-,29-,36-,37-,38?/m0/s1. The summed E-state index contributed by atoms with van der Waals surface area (Å²) >= 11 is 0. The van der Waals surface area contributed by atoms with Gasteiger partial charge in [-0.3, -0.25) is 24.0 Å². The number of rotatable bonds is 25. The molecule has 0 aromatic heterocycles. The van der Waals surface area contributed by atoms with Gasteiger partial charge >= 0.3 is 7.12 Å². The van der Waals surface area contributed by atoms with Gasteiger partial charge in [-0.05, 0) is 125 Å². The molecule has 0 bridgehead atoms. The normalized spacial score (nSPS) is 13.5. The van der Waals surface area contributed by atoms with Crippen molar-refractivity contribution in [2.24, 2.45) is 11.5 Å². The summed E-state index contributed by atoms with van der Waals surface area (Å²) in [7, 11) is -0.322. The van der Waals surface area contributed by atoms with E-state index < -0.39 is 66.8 Å². The molecule has 0 fully saturated rings. The van der Waals surface area contributed by atoms with Crippen LogP contribution in [0.15, 0.2) is 72.8 Å². The maximum atomic E-state index is 14.0. The van der Waals surface area contributed by atoms with Crippen LogP contribution in [0.2, 0.25) is 0 Å². The second-order valence-corrected chi connectivity index (χ2v) is 14.7. The summed E-state index contributed by atoms with van der Waals surface area (Å²) in [5.41, 5.74) is 15.3. The highest BCUT2D eigenvalue weighted by Gasteiger charge is 2.32. The van der Waals surface area contributed by atoms with Crippen LogP contribution in [0.1, 0.15) is 99.7 Å². The van der Waals surface area contributed by atoms with Crippen molar-refractivity contribution in [3.63, 3.8) is 0 Å². The molecule has 0 aliphatic heterocycles. The summed E-state index contributed by atoms with van der Waals surface area (Å²) in [6, 6.07) is 17.4. The Balaban J connectivity index is 1.79. The number of methoxy groups -OCH3 is 1. The van der Waals surface area contributed by atoms with Crippen LogP contribution in [-0.4, -0.2) is 91.0 Å². The molecule has 0 saturated heterocycles. The summed E-state index contributed by atoms with van der Waals surface area (Å²) in [6.07, 6.45) is 5.94. The Morgan fingerprint density at radius 3 is 1.71 bits per heavy atom. The fourth-order valence-corrected chi connectivity index (χ4v) is 6.22. The lowest BCUT2D eigenvalue weighted by atomic mass is 9.81. The van der Waals surface area contributed by atoms with Crippen LogP contribution < -0.4 is 42.8 Å². The highest BCUT2D eigenvalue weighted by atomic mass is 16.5. The quantitative estimate of drug-likeness (QED) is 0.0447. The molecule has 59 heavy (non-hydrogen) atoms. The fraction of sp³-hybridized carbons (Fsp3) is 0.465. The van der Waals surface area contributed by atoms with E-state index in [0.717, 1.165) is 30.4 Å². The number of carbonyl (C=O) groups is 5. The zero-order valence-electron chi connectivity index (χ0n) is 34.7. The third-order valence-corrected chi connectivity index (χ3v) is 9.97. The minimum absolute atomic E-state index is 0.211. The van der Waals surface area contributed by atoms with Crippen molar-refractivity contribution < 1.29 is 38.8 Å². The third-order valence-electron chi connectivity index (χ3n) is 9.97. The van der Waals surface area contributed by atoms with Gasteiger partial charge < -0.3 is 52.8 Å². The molecule has 0 aliphatic carbocycles. The van der Waals surface area contributed by atoms with Crippen LogP contribution in [-0.2, 0) is 25.6 Å². The Bertz CT molecular complexity index is 1780. The van der Waals surface area contributed by atoms with E-state index in [1.807, 2.05) is 12.1 Å². The summed E-state index contributed by atoms with van der Waals surface area (Å²) in [5.74, 6) is -3.64. The number of hydrogen-bond acceptors (Lipinski definition) is 10. The van der Waals surface area contributed by atoms with Crippen molar-refractivity contribution in [3.05, 3.63) is 89.5 Å². The first kappa shape index (κ1) is 48.1. The molecule has 16 heteroatoms. The molecule has 11 N–H and O–H groups in total. The molecular weight excluding hydrogens is 753 g/mol. The number of aryl methyl sites for hydroxylation is 1. The Kier molecular flexibility index (Phi) is 20.6. The van der Waals surface area contributed by atoms with E-state index in [9.17, 15) is 34.0 Å². The average Bonchev–Trinajstić information content (AvgIpc) is 3.24. The maximum absolute atomic E-state index is 14.0. The van der Waals surface area contributed by atoms with Crippen LogP contribution in [0.3, 0.4) is 0 Å². The predicted octanol–water partition coefficient (Wildman–Crippen LogP) is 2.42. The number of nitrogens with one attached hydrogen (secondary N) is 5. The van der Waals surface area contributed by atoms with Crippen LogP contribution in [0.5, 0.6) is 5.75 Å². The molecule has 3 aromatic rings. The molecule has 0 spiro atoms. The Morgan fingerprint density at radius 2 is 1.19 bits per heavy atom. The largest absolute Gasteiger partial charge is 0.497 e. The van der Waals surface area contributed by atoms with Crippen molar-refractivity contribution in [2.75, 3.05) is 20.2 Å². The van der Waals surface area contributed by atoms with Crippen molar-refractivity contribution in [2.45, 2.75) is 109 Å². The zero-order chi connectivity index (χ0) is 43.3. The second kappa shape index (κ2) is 25.3. The van der Waals surface area contributed by atoms with Gasteiger partial charge in [-0.15, -0.1) is 0 Å². The predicted molar refractivity (Wildman–Crippen MR) is 229 cm³/mol. The third kappa shape index (κ3) is 15.8. The Morgan fingerprint density at radius 1 is 0.644 bits per heavy atom. The summed E-state index contributed by atoms with van der Waals surface area (Å²) in [4.78, 5) is 67.9. The molecule has 3 rings (SSSR count). The van der Waals surface area contributed by atoms with Gasteiger partial charge in [-0.25, -0.2) is 0 Å². The first-order chi connectivity index (χ1) is 28.3. The van der Waals surface area contributed by atoms with Gasteiger partial charge in [0.05, 0.1) is 13.1 Å². The first-order valence-electron chi connectivity index (χ1n) is 20.4. The number of nitrogens with two attached hydrogens (primary N) is 2. The van der Waals surface area contributed by atoms with E-state index in [1.54, 1.807) is 36.4 Å². The first-order valence-corrected chi connectivity index (χ1v) is 20.4. The number of amides is 5. The number of unbranched alkanes of at least 4 members (excludes halogenated alkanes) is 3. The lowest BCUT2D eigenvalue weighted by Crippen LogP contribution is -2.56. The van der Waals surface area contributed by atoms with E-state index >= 15 is 0 Å². The van der Waals surface area contributed by atoms with Gasteiger partial charge in [0, 0.05) is 5.56 Å². The maximum Gasteiger partial charge on any atom is 0.475 e. The van der Waals surface area contributed by atoms with E-state index in [1.165, 1.54) is 26.5 Å². The number of carbonyl (C=O) groups excluding carboxylic acids is 5. The van der Waals surface area contributed by atoms with Crippen LogP contribution in [0.4, 0.5) is 0 Å². The number of ether oxygens (including phenoxy) is 1. The van der Waals surface area contributed by atoms with Crippen molar-refractivity contribution in [1.82, 2.24) is 26.6 Å². The number of hydrogen-bond donors (Lipinski definition) is 9. The molecule has 5 atom stereocenters. The molecule has 0 aliphatic rings. The zero-order valence-corrected chi connectivity index (χ0v) is 34.7. The molecule has 1 unspecified atom stereocenters. The van der Waals surface area contributed by atoms with Crippen LogP contribution >= 0.6 is 0 Å². The minimum Gasteiger partial charge on any atom is -0.497 e. The van der Waals surface area contributed by atoms with Crippen molar-refractivity contribution >= 4 is 36.7 Å². The van der Waals surface area contributed by atoms with E-state index in [2.05, 4.69) is 57.8 Å². The molecule has 0 radical (unpaired) electrons. The van der Waals surface area contributed by atoms with Gasteiger partial charge in [-0.1, -0.05) is 61.9 Å². The molecule has 0 heterocycles. The highest BCUT2D eigenvalue weighted by molar-refractivity contribution is 6.43. The fourth-order valence-electron chi connectivity index (χ4n) is 6.22. The highest BCUT2D eigenvalue weighted by Crippen LogP contribution is 2.22. The minimum atomic E-state index is -1.81. The molecule has 320 valence electrons. The van der Waals surface area contributed by atoms with Gasteiger partial charge in [-0.2, -0.15) is 0 Å². The van der Waals surface area contributed by atoms with Crippen molar-refractivity contribution in [3.8, 4) is 16.9 Å². The Hall–Kier alpha value is -5.29. The molecule has 5 amide bonds. The molecular formula is C43H62BN7O8. The van der Waals surface area contributed by atoms with E-state index in [-0.39, 0.29) is 12.8 Å². The molecule has 0 saturated carbocycles. The topological polar surface area (TPSA) is 247 Å².